The van der Waals surface area contributed by atoms with Gasteiger partial charge >= 0.3 is 0 Å². The third-order valence-electron chi connectivity index (χ3n) is 1.45. The molecule has 0 aliphatic heterocycles. The van der Waals surface area contributed by atoms with E-state index in [1.165, 1.54) is 5.56 Å². The fraction of sp³-hybridized carbons (Fsp3) is 0.222. The van der Waals surface area contributed by atoms with Gasteiger partial charge in [0.1, 0.15) is 0 Å². The van der Waals surface area contributed by atoms with Crippen molar-refractivity contribution in [1.82, 2.24) is 5.32 Å². The summed E-state index contributed by atoms with van der Waals surface area (Å²) in [5.41, 5.74) is 1.77. The summed E-state index contributed by atoms with van der Waals surface area (Å²) in [4.78, 5) is 10.1. The van der Waals surface area contributed by atoms with E-state index < -0.39 is 0 Å². The third-order valence-corrected chi connectivity index (χ3v) is 1.45. The molecule has 11 heavy (non-hydrogen) atoms. The second-order valence-corrected chi connectivity index (χ2v) is 2.33. The molecule has 57 valence electrons. The Morgan fingerprint density at radius 2 is 2.00 bits per heavy atom. The van der Waals surface area contributed by atoms with Gasteiger partial charge in [0.25, 0.3) is 0 Å². The summed E-state index contributed by atoms with van der Waals surface area (Å²) in [6, 6.07) is 7.35. The van der Waals surface area contributed by atoms with Crippen LogP contribution >= 0.6 is 0 Å². The average Bonchev–Trinajstić information content (AvgIpc) is 2.07. The molecule has 2 nitrogen and oxygen atoms in total. The van der Waals surface area contributed by atoms with Gasteiger partial charge in [-0.1, -0.05) is 24.3 Å². The molecule has 2 heteroatoms. The van der Waals surface area contributed by atoms with Gasteiger partial charge in [-0.15, -0.1) is 0 Å². The van der Waals surface area contributed by atoms with Crippen LogP contribution in [0.15, 0.2) is 24.3 Å². The van der Waals surface area contributed by atoms with Crippen LogP contribution in [0.3, 0.4) is 0 Å². The molecule has 1 radical (unpaired) electrons. The van der Waals surface area contributed by atoms with Gasteiger partial charge < -0.3 is 5.32 Å². The van der Waals surface area contributed by atoms with Gasteiger partial charge in [0.05, 0.1) is 0 Å². The first-order chi connectivity index (χ1) is 5.36. The maximum absolute atomic E-state index is 10.1. The van der Waals surface area contributed by atoms with Gasteiger partial charge in [0.2, 0.25) is 6.29 Å². The van der Waals surface area contributed by atoms with Crippen molar-refractivity contribution in [2.24, 2.45) is 0 Å². The number of rotatable bonds is 3. The minimum Gasteiger partial charge on any atom is -0.316 e. The van der Waals surface area contributed by atoms with E-state index in [-0.39, 0.29) is 0 Å². The van der Waals surface area contributed by atoms with Crippen LogP contribution in [0.4, 0.5) is 0 Å². The highest BCUT2D eigenvalue weighted by atomic mass is 16.1. The van der Waals surface area contributed by atoms with Crippen LogP contribution in [-0.4, -0.2) is 13.3 Å². The van der Waals surface area contributed by atoms with Crippen LogP contribution in [0.25, 0.3) is 0 Å². The second-order valence-electron chi connectivity index (χ2n) is 2.33. The Labute approximate surface area is 66.2 Å². The first kappa shape index (κ1) is 7.95. The van der Waals surface area contributed by atoms with Crippen LogP contribution in [-0.2, 0) is 11.3 Å². The largest absolute Gasteiger partial charge is 0.316 e. The summed E-state index contributed by atoms with van der Waals surface area (Å²) in [6.07, 6.45) is 1.83. The highest BCUT2D eigenvalue weighted by Crippen LogP contribution is 2.00. The van der Waals surface area contributed by atoms with E-state index in [0.29, 0.717) is 5.56 Å². The van der Waals surface area contributed by atoms with Crippen LogP contribution < -0.4 is 5.32 Å². The molecular weight excluding hydrogens is 138 g/mol. The highest BCUT2D eigenvalue weighted by molar-refractivity contribution is 5.75. The second kappa shape index (κ2) is 3.88. The molecule has 0 unspecified atom stereocenters. The predicted octanol–water partition coefficient (Wildman–Crippen LogP) is 0.864. The van der Waals surface area contributed by atoms with Crippen molar-refractivity contribution in [3.05, 3.63) is 35.4 Å². The van der Waals surface area contributed by atoms with Crippen molar-refractivity contribution in [2.45, 2.75) is 6.54 Å². The lowest BCUT2D eigenvalue weighted by Gasteiger charge is -1.97. The number of hydrogen-bond acceptors (Lipinski definition) is 2. The number of hydrogen-bond donors (Lipinski definition) is 1. The van der Waals surface area contributed by atoms with Crippen molar-refractivity contribution < 1.29 is 4.79 Å². The normalized spacial score (nSPS) is 9.55. The summed E-state index contributed by atoms with van der Waals surface area (Å²) in [7, 11) is 1.89. The molecule has 1 N–H and O–H groups in total. The van der Waals surface area contributed by atoms with Gasteiger partial charge in [-0.05, 0) is 12.6 Å². The van der Waals surface area contributed by atoms with Gasteiger partial charge in [0.15, 0.2) is 0 Å². The van der Waals surface area contributed by atoms with E-state index in [1.807, 2.05) is 25.5 Å². The monoisotopic (exact) mass is 148 g/mol. The Bertz CT molecular complexity index is 228. The van der Waals surface area contributed by atoms with Gasteiger partial charge in [-0.25, -0.2) is 0 Å². The molecule has 0 aromatic heterocycles. The highest BCUT2D eigenvalue weighted by Gasteiger charge is 1.91. The van der Waals surface area contributed by atoms with E-state index in [4.69, 9.17) is 0 Å². The maximum Gasteiger partial charge on any atom is 0.233 e. The lowest BCUT2D eigenvalue weighted by atomic mass is 10.1. The molecule has 0 spiro atoms. The molecule has 0 fully saturated rings. The van der Waals surface area contributed by atoms with Gasteiger partial charge in [0, 0.05) is 12.1 Å². The SMILES string of the molecule is CNCc1ccc([C]=O)cc1. The minimum atomic E-state index is 0.602. The van der Waals surface area contributed by atoms with Gasteiger partial charge in [-0.3, -0.25) is 4.79 Å². The molecule has 0 aliphatic carbocycles. The van der Waals surface area contributed by atoms with E-state index in [1.54, 1.807) is 12.1 Å². The summed E-state index contributed by atoms with van der Waals surface area (Å²) >= 11 is 0. The molecule has 0 bridgehead atoms. The molecule has 0 aliphatic rings. The van der Waals surface area contributed by atoms with Crippen molar-refractivity contribution in [1.29, 1.82) is 0 Å². The molecule has 0 saturated heterocycles. The van der Waals surface area contributed by atoms with Crippen LogP contribution in [0.5, 0.6) is 0 Å². The lowest BCUT2D eigenvalue weighted by Crippen LogP contribution is -2.04. The molecule has 0 atom stereocenters. The smallest absolute Gasteiger partial charge is 0.233 e. The molecule has 0 amide bonds. The number of benzene rings is 1. The molecule has 1 rings (SSSR count). The van der Waals surface area contributed by atoms with E-state index in [0.717, 1.165) is 6.54 Å². The Hall–Kier alpha value is -1.15. The quantitative estimate of drug-likeness (QED) is 0.689. The van der Waals surface area contributed by atoms with Crippen LogP contribution in [0.2, 0.25) is 0 Å². The molecule has 1 aromatic carbocycles. The minimum absolute atomic E-state index is 0.602. The fourth-order valence-electron chi connectivity index (χ4n) is 0.895. The summed E-state index contributed by atoms with van der Waals surface area (Å²) in [5.74, 6) is 0. The van der Waals surface area contributed by atoms with Crippen LogP contribution in [0, 0.1) is 0 Å². The Morgan fingerprint density at radius 3 is 2.45 bits per heavy atom. The fourth-order valence-corrected chi connectivity index (χ4v) is 0.895. The summed E-state index contributed by atoms with van der Waals surface area (Å²) < 4.78 is 0. The zero-order valence-electron chi connectivity index (χ0n) is 6.42. The molecule has 0 saturated carbocycles. The van der Waals surface area contributed by atoms with E-state index >= 15 is 0 Å². The zero-order chi connectivity index (χ0) is 8.10. The average molecular weight is 148 g/mol. The summed E-state index contributed by atoms with van der Waals surface area (Å²) in [6.45, 7) is 0.832. The zero-order valence-corrected chi connectivity index (χ0v) is 6.42. The number of nitrogens with one attached hydrogen (secondary N) is 1. The predicted molar refractivity (Wildman–Crippen MR) is 44.0 cm³/mol. The van der Waals surface area contributed by atoms with E-state index in [9.17, 15) is 4.79 Å². The van der Waals surface area contributed by atoms with Crippen molar-refractivity contribution in [3.8, 4) is 0 Å². The topological polar surface area (TPSA) is 29.1 Å². The van der Waals surface area contributed by atoms with E-state index in [2.05, 4.69) is 5.32 Å². The first-order valence-corrected chi connectivity index (χ1v) is 3.48. The summed E-state index contributed by atoms with van der Waals surface area (Å²) in [5, 5.41) is 3.02. The third kappa shape index (κ3) is 2.16. The first-order valence-electron chi connectivity index (χ1n) is 3.48. The number of carbonyl (C=O) groups excluding carboxylic acids is 1. The Morgan fingerprint density at radius 1 is 1.36 bits per heavy atom. The van der Waals surface area contributed by atoms with Crippen molar-refractivity contribution >= 4 is 6.29 Å². The molecule has 0 heterocycles. The molecule has 1 aromatic rings. The van der Waals surface area contributed by atoms with Gasteiger partial charge in [-0.2, -0.15) is 0 Å². The molecular formula is C9H10NO. The Kier molecular flexibility index (Phi) is 2.81. The van der Waals surface area contributed by atoms with Crippen molar-refractivity contribution in [3.63, 3.8) is 0 Å². The maximum atomic E-state index is 10.1. The standard InChI is InChI=1S/C9H10NO/c1-10-6-8-2-4-9(7-11)5-3-8/h2-5,10H,6H2,1H3. The van der Waals surface area contributed by atoms with Crippen LogP contribution in [0.1, 0.15) is 11.1 Å². The lowest BCUT2D eigenvalue weighted by molar-refractivity contribution is 0.562. The Balaban J connectivity index is 2.74. The van der Waals surface area contributed by atoms with Crippen molar-refractivity contribution in [2.75, 3.05) is 7.05 Å².